The number of nitrogens with zero attached hydrogens (tertiary/aromatic N) is 6. The minimum atomic E-state index is 0.156. The number of aryl methyl sites for hydroxylation is 1. The summed E-state index contributed by atoms with van der Waals surface area (Å²) in [5.41, 5.74) is 3.19. The molecule has 0 aliphatic carbocycles. The number of rotatable bonds is 6. The van der Waals surface area contributed by atoms with Gasteiger partial charge in [-0.05, 0) is 54.8 Å². The van der Waals surface area contributed by atoms with Crippen molar-refractivity contribution in [1.29, 1.82) is 0 Å². The maximum atomic E-state index is 12.1. The average molecular weight is 483 g/mol. The molecule has 6 rings (SSSR count). The molecular weight excluding hydrogens is 452 g/mol. The van der Waals surface area contributed by atoms with E-state index >= 15 is 0 Å². The third kappa shape index (κ3) is 4.39. The van der Waals surface area contributed by atoms with Crippen molar-refractivity contribution >= 4 is 28.4 Å². The molecule has 0 saturated carbocycles. The summed E-state index contributed by atoms with van der Waals surface area (Å²) >= 11 is 0. The van der Waals surface area contributed by atoms with E-state index in [4.69, 9.17) is 4.74 Å². The number of hydrogen-bond acceptors (Lipinski definition) is 6. The minimum Gasteiger partial charge on any atom is -0.489 e. The summed E-state index contributed by atoms with van der Waals surface area (Å²) in [5.74, 6) is 2.63. The molecule has 2 aliphatic rings. The van der Waals surface area contributed by atoms with Gasteiger partial charge in [-0.2, -0.15) is 0 Å². The molecular formula is C28H30N6O2. The first-order chi connectivity index (χ1) is 17.7. The number of carbonyl (C=O) groups is 1. The lowest BCUT2D eigenvalue weighted by Gasteiger charge is -2.32. The van der Waals surface area contributed by atoms with Crippen molar-refractivity contribution in [2.75, 3.05) is 29.4 Å². The van der Waals surface area contributed by atoms with Crippen molar-refractivity contribution in [3.05, 3.63) is 66.7 Å². The molecule has 184 valence electrons. The second-order valence-corrected chi connectivity index (χ2v) is 9.48. The molecule has 5 heterocycles. The maximum absolute atomic E-state index is 12.1. The van der Waals surface area contributed by atoms with E-state index in [0.717, 1.165) is 85.0 Å². The second kappa shape index (κ2) is 9.60. The largest absolute Gasteiger partial charge is 0.489 e. The fourth-order valence-electron chi connectivity index (χ4n) is 5.06. The first-order valence-corrected chi connectivity index (χ1v) is 12.8. The number of hydrogen-bond donors (Lipinski definition) is 0. The van der Waals surface area contributed by atoms with Crippen molar-refractivity contribution in [1.82, 2.24) is 19.5 Å². The molecule has 2 fully saturated rings. The fourth-order valence-corrected chi connectivity index (χ4v) is 5.06. The molecule has 36 heavy (non-hydrogen) atoms. The van der Waals surface area contributed by atoms with Crippen LogP contribution in [0.15, 0.2) is 61.2 Å². The Kier molecular flexibility index (Phi) is 6.01. The van der Waals surface area contributed by atoms with Gasteiger partial charge in [0.25, 0.3) is 0 Å². The number of fused-ring (bicyclic) bond motifs is 1. The topological polar surface area (TPSA) is 76.4 Å². The van der Waals surface area contributed by atoms with Crippen LogP contribution in [0.25, 0.3) is 16.7 Å². The van der Waals surface area contributed by atoms with E-state index in [9.17, 15) is 4.79 Å². The third-order valence-corrected chi connectivity index (χ3v) is 7.15. The lowest BCUT2D eigenvalue weighted by atomic mass is 10.1. The van der Waals surface area contributed by atoms with Gasteiger partial charge in [0.05, 0.1) is 11.7 Å². The van der Waals surface area contributed by atoms with Gasteiger partial charge in [0.15, 0.2) is 0 Å². The lowest BCUT2D eigenvalue weighted by molar-refractivity contribution is -0.117. The molecule has 0 radical (unpaired) electrons. The molecule has 1 aromatic carbocycles. The highest BCUT2D eigenvalue weighted by atomic mass is 16.5. The van der Waals surface area contributed by atoms with Gasteiger partial charge in [-0.15, -0.1) is 0 Å². The number of amides is 1. The molecule has 0 bridgehead atoms. The summed E-state index contributed by atoms with van der Waals surface area (Å²) in [7, 11) is 0. The van der Waals surface area contributed by atoms with Crippen molar-refractivity contribution in [3.63, 3.8) is 0 Å². The first-order valence-electron chi connectivity index (χ1n) is 12.8. The summed E-state index contributed by atoms with van der Waals surface area (Å²) in [6.45, 7) is 4.66. The van der Waals surface area contributed by atoms with Crippen LogP contribution in [0, 0.1) is 0 Å². The van der Waals surface area contributed by atoms with Crippen molar-refractivity contribution in [2.45, 2.75) is 45.1 Å². The van der Waals surface area contributed by atoms with E-state index in [-0.39, 0.29) is 12.0 Å². The highest BCUT2D eigenvalue weighted by molar-refractivity contribution is 5.97. The highest BCUT2D eigenvalue weighted by Gasteiger charge is 2.23. The Morgan fingerprint density at radius 2 is 1.81 bits per heavy atom. The quantitative estimate of drug-likeness (QED) is 0.401. The number of ether oxygens (including phenoxy) is 1. The van der Waals surface area contributed by atoms with Gasteiger partial charge >= 0.3 is 0 Å². The molecule has 0 atom stereocenters. The van der Waals surface area contributed by atoms with Gasteiger partial charge in [-0.3, -0.25) is 4.79 Å². The molecule has 0 unspecified atom stereocenters. The van der Waals surface area contributed by atoms with Gasteiger partial charge in [-0.1, -0.05) is 6.92 Å². The van der Waals surface area contributed by atoms with Gasteiger partial charge in [-0.25, -0.2) is 15.0 Å². The predicted molar refractivity (Wildman–Crippen MR) is 140 cm³/mol. The van der Waals surface area contributed by atoms with Gasteiger partial charge < -0.3 is 19.1 Å². The number of benzene rings is 1. The fraction of sp³-hybridized carbons (Fsp3) is 0.357. The van der Waals surface area contributed by atoms with Crippen molar-refractivity contribution in [2.24, 2.45) is 0 Å². The van der Waals surface area contributed by atoms with Crippen LogP contribution in [0.4, 0.5) is 11.6 Å². The zero-order chi connectivity index (χ0) is 24.5. The summed E-state index contributed by atoms with van der Waals surface area (Å²) in [5, 5.41) is 1.09. The number of carbonyl (C=O) groups excluding carboxylic acids is 1. The Balaban J connectivity index is 1.09. The Hall–Kier alpha value is -3.94. The van der Waals surface area contributed by atoms with E-state index < -0.39 is 0 Å². The van der Waals surface area contributed by atoms with Crippen LogP contribution in [-0.2, 0) is 11.2 Å². The standard InChI is InChI=1S/C28H30N6O2/c1-2-20-17-30-28(31-18-20)32-13-10-23(11-14-32)36-24-6-8-26(29-19-24)34-15-9-21-16-22(5-7-25(21)34)33-12-3-4-27(33)35/h5-9,15-19,23H,2-4,10-14H2,1H3. The molecule has 0 N–H and O–H groups in total. The van der Waals surface area contributed by atoms with Crippen LogP contribution in [0.2, 0.25) is 0 Å². The molecule has 3 aromatic heterocycles. The smallest absolute Gasteiger partial charge is 0.227 e. The zero-order valence-corrected chi connectivity index (χ0v) is 20.5. The molecule has 8 heteroatoms. The molecule has 0 spiro atoms. The average Bonchev–Trinajstić information content (AvgIpc) is 3.55. The lowest BCUT2D eigenvalue weighted by Crippen LogP contribution is -2.39. The third-order valence-electron chi connectivity index (χ3n) is 7.15. The molecule has 4 aromatic rings. The Morgan fingerprint density at radius 3 is 2.50 bits per heavy atom. The molecule has 8 nitrogen and oxygen atoms in total. The van der Waals surface area contributed by atoms with E-state index in [1.165, 1.54) is 0 Å². The van der Waals surface area contributed by atoms with Crippen LogP contribution in [0.1, 0.15) is 38.2 Å². The number of pyridine rings is 1. The van der Waals surface area contributed by atoms with E-state index in [1.54, 1.807) is 6.20 Å². The molecule has 2 saturated heterocycles. The number of piperidine rings is 1. The second-order valence-electron chi connectivity index (χ2n) is 9.48. The predicted octanol–water partition coefficient (Wildman–Crippen LogP) is 4.55. The Labute approximate surface area is 210 Å². The number of aromatic nitrogens is 4. The van der Waals surface area contributed by atoms with Crippen molar-refractivity contribution < 1.29 is 9.53 Å². The van der Waals surface area contributed by atoms with Gasteiger partial charge in [0.2, 0.25) is 11.9 Å². The van der Waals surface area contributed by atoms with E-state index in [1.807, 2.05) is 41.7 Å². The molecule has 2 aliphatic heterocycles. The molecule has 1 amide bonds. The van der Waals surface area contributed by atoms with Crippen LogP contribution >= 0.6 is 0 Å². The summed E-state index contributed by atoms with van der Waals surface area (Å²) < 4.78 is 8.31. The number of anilines is 2. The summed E-state index contributed by atoms with van der Waals surface area (Å²) in [6.07, 6.45) is 12.2. The zero-order valence-electron chi connectivity index (χ0n) is 20.5. The van der Waals surface area contributed by atoms with Crippen LogP contribution in [0.5, 0.6) is 5.75 Å². The Bertz CT molecular complexity index is 1360. The van der Waals surface area contributed by atoms with E-state index in [2.05, 4.69) is 49.5 Å². The monoisotopic (exact) mass is 482 g/mol. The normalized spacial score (nSPS) is 16.8. The van der Waals surface area contributed by atoms with Crippen molar-refractivity contribution in [3.8, 4) is 11.6 Å². The van der Waals surface area contributed by atoms with Crippen LogP contribution in [-0.4, -0.2) is 51.2 Å². The first kappa shape index (κ1) is 22.5. The summed E-state index contributed by atoms with van der Waals surface area (Å²) in [6, 6.07) is 12.2. The Morgan fingerprint density at radius 1 is 0.972 bits per heavy atom. The van der Waals surface area contributed by atoms with Crippen LogP contribution < -0.4 is 14.5 Å². The van der Waals surface area contributed by atoms with Gasteiger partial charge in [0, 0.05) is 68.6 Å². The SMILES string of the molecule is CCc1cnc(N2CCC(Oc3ccc(-n4ccc5cc(N6CCCC6=O)ccc54)nc3)CC2)nc1. The minimum absolute atomic E-state index is 0.156. The highest BCUT2D eigenvalue weighted by Crippen LogP contribution is 2.28. The summed E-state index contributed by atoms with van der Waals surface area (Å²) in [4.78, 5) is 29.9. The van der Waals surface area contributed by atoms with E-state index in [0.29, 0.717) is 6.42 Å². The van der Waals surface area contributed by atoms with Crippen LogP contribution in [0.3, 0.4) is 0 Å². The van der Waals surface area contributed by atoms with Gasteiger partial charge in [0.1, 0.15) is 17.7 Å². The maximum Gasteiger partial charge on any atom is 0.227 e.